The molecule has 0 spiro atoms. The van der Waals surface area contributed by atoms with E-state index in [1.807, 2.05) is 45.9 Å². The highest BCUT2D eigenvalue weighted by Gasteiger charge is 1.94. The van der Waals surface area contributed by atoms with Crippen molar-refractivity contribution in [2.45, 2.75) is 41.0 Å². The Balaban J connectivity index is 0.000000741. The monoisotopic (exact) mass is 257 g/mol. The molecule has 2 aromatic rings. The maximum Gasteiger partial charge on any atom is 0.0386 e. The van der Waals surface area contributed by atoms with Crippen molar-refractivity contribution in [2.75, 3.05) is 5.32 Å². The van der Waals surface area contributed by atoms with E-state index in [2.05, 4.69) is 48.6 Å². The van der Waals surface area contributed by atoms with Crippen LogP contribution in [-0.4, -0.2) is 0 Å². The molecule has 1 heteroatoms. The topological polar surface area (TPSA) is 12.0 Å². The number of nitrogens with one attached hydrogen (secondary N) is 1. The molecular formula is C18H27N. The summed E-state index contributed by atoms with van der Waals surface area (Å²) >= 11 is 0. The number of rotatable bonds is 3. The molecule has 0 aliphatic rings. The van der Waals surface area contributed by atoms with Gasteiger partial charge in [0, 0.05) is 11.4 Å². The van der Waals surface area contributed by atoms with Crippen LogP contribution >= 0.6 is 0 Å². The van der Waals surface area contributed by atoms with Gasteiger partial charge >= 0.3 is 0 Å². The van der Waals surface area contributed by atoms with Crippen LogP contribution in [0.4, 0.5) is 11.4 Å². The molecule has 0 aromatic heterocycles. The molecule has 0 saturated carbocycles. The van der Waals surface area contributed by atoms with Crippen LogP contribution in [-0.2, 0) is 6.42 Å². The van der Waals surface area contributed by atoms with Gasteiger partial charge in [0.05, 0.1) is 0 Å². The average Bonchev–Trinajstić information content (AvgIpc) is 2.52. The summed E-state index contributed by atoms with van der Waals surface area (Å²) in [5.41, 5.74) is 3.64. The lowest BCUT2D eigenvalue weighted by atomic mass is 10.1. The van der Waals surface area contributed by atoms with Crippen LogP contribution in [0.15, 0.2) is 54.6 Å². The Bertz CT molecular complexity index is 421. The smallest absolute Gasteiger partial charge is 0.0386 e. The Labute approximate surface area is 118 Å². The maximum atomic E-state index is 3.38. The quantitative estimate of drug-likeness (QED) is 0.706. The molecule has 104 valence electrons. The summed E-state index contributed by atoms with van der Waals surface area (Å²) in [6, 6.07) is 18.7. The van der Waals surface area contributed by atoms with Crippen molar-refractivity contribution in [3.63, 3.8) is 0 Å². The van der Waals surface area contributed by atoms with E-state index in [0.717, 1.165) is 17.8 Å². The first-order valence-electron chi connectivity index (χ1n) is 7.29. The molecule has 0 aliphatic heterocycles. The van der Waals surface area contributed by atoms with Gasteiger partial charge < -0.3 is 5.32 Å². The third-order valence-electron chi connectivity index (χ3n) is 2.40. The van der Waals surface area contributed by atoms with Crippen molar-refractivity contribution >= 4 is 11.4 Å². The molecule has 0 unspecified atom stereocenters. The minimum absolute atomic E-state index is 1.07. The van der Waals surface area contributed by atoms with Gasteiger partial charge in [0.15, 0.2) is 0 Å². The van der Waals surface area contributed by atoms with E-state index < -0.39 is 0 Å². The van der Waals surface area contributed by atoms with Gasteiger partial charge in [-0.3, -0.25) is 0 Å². The van der Waals surface area contributed by atoms with Gasteiger partial charge in [0.25, 0.3) is 0 Å². The van der Waals surface area contributed by atoms with Crippen LogP contribution in [0.25, 0.3) is 0 Å². The summed E-state index contributed by atoms with van der Waals surface area (Å²) in [5.74, 6) is 0. The fraction of sp³-hybridized carbons (Fsp3) is 0.333. The van der Waals surface area contributed by atoms with E-state index in [0.29, 0.717) is 0 Å². The first-order chi connectivity index (χ1) is 9.38. The second kappa shape index (κ2) is 11.3. The minimum atomic E-state index is 1.07. The van der Waals surface area contributed by atoms with Crippen molar-refractivity contribution in [1.29, 1.82) is 0 Å². The van der Waals surface area contributed by atoms with E-state index in [1.54, 1.807) is 0 Å². The number of hydrogen-bond acceptors (Lipinski definition) is 1. The number of anilines is 2. The van der Waals surface area contributed by atoms with Gasteiger partial charge in [-0.15, -0.1) is 0 Å². The second-order valence-corrected chi connectivity index (χ2v) is 3.54. The van der Waals surface area contributed by atoms with Crippen LogP contribution in [0.3, 0.4) is 0 Å². The van der Waals surface area contributed by atoms with Gasteiger partial charge in [-0.05, 0) is 36.2 Å². The number of para-hydroxylation sites is 1. The van der Waals surface area contributed by atoms with E-state index in [1.165, 1.54) is 5.56 Å². The third kappa shape index (κ3) is 6.66. The average molecular weight is 257 g/mol. The minimum Gasteiger partial charge on any atom is -0.356 e. The molecule has 0 heterocycles. The normalized spacial score (nSPS) is 8.47. The molecule has 19 heavy (non-hydrogen) atoms. The van der Waals surface area contributed by atoms with Crippen molar-refractivity contribution in [2.24, 2.45) is 0 Å². The van der Waals surface area contributed by atoms with Gasteiger partial charge in [0.2, 0.25) is 0 Å². The van der Waals surface area contributed by atoms with E-state index >= 15 is 0 Å². The first kappa shape index (κ1) is 17.2. The highest BCUT2D eigenvalue weighted by molar-refractivity contribution is 5.59. The van der Waals surface area contributed by atoms with Crippen LogP contribution < -0.4 is 5.32 Å². The molecule has 2 aromatic carbocycles. The molecule has 1 nitrogen and oxygen atoms in total. The first-order valence-corrected chi connectivity index (χ1v) is 7.29. The van der Waals surface area contributed by atoms with E-state index in [-0.39, 0.29) is 0 Å². The molecule has 0 fully saturated rings. The third-order valence-corrected chi connectivity index (χ3v) is 2.40. The Hall–Kier alpha value is -1.76. The highest BCUT2D eigenvalue weighted by atomic mass is 14.9. The standard InChI is InChI=1S/C14H15N.2C2H6/c1-2-12-7-6-10-14(11-12)15-13-8-4-3-5-9-13;2*1-2/h3-11,15H,2H2,1H3;2*1-2H3. The predicted molar refractivity (Wildman–Crippen MR) is 88.2 cm³/mol. The summed E-state index contributed by atoms with van der Waals surface area (Å²) in [5, 5.41) is 3.38. The van der Waals surface area contributed by atoms with Crippen molar-refractivity contribution in [1.82, 2.24) is 0 Å². The van der Waals surface area contributed by atoms with Crippen LogP contribution in [0, 0.1) is 0 Å². The van der Waals surface area contributed by atoms with Gasteiger partial charge in [-0.1, -0.05) is 65.0 Å². The summed E-state index contributed by atoms with van der Waals surface area (Å²) in [4.78, 5) is 0. The number of benzene rings is 2. The summed E-state index contributed by atoms with van der Waals surface area (Å²) < 4.78 is 0. The zero-order valence-corrected chi connectivity index (χ0v) is 12.9. The Morgan fingerprint density at radius 2 is 1.32 bits per heavy atom. The molecule has 0 radical (unpaired) electrons. The van der Waals surface area contributed by atoms with Crippen LogP contribution in [0.2, 0.25) is 0 Å². The number of hydrogen-bond donors (Lipinski definition) is 1. The summed E-state index contributed by atoms with van der Waals surface area (Å²) in [6.07, 6.45) is 1.07. The molecule has 0 aliphatic carbocycles. The Morgan fingerprint density at radius 1 is 0.737 bits per heavy atom. The molecule has 0 atom stereocenters. The Kier molecular flexibility index (Phi) is 10.3. The van der Waals surface area contributed by atoms with Crippen molar-refractivity contribution < 1.29 is 0 Å². The number of aryl methyl sites for hydroxylation is 1. The van der Waals surface area contributed by atoms with Crippen LogP contribution in [0.1, 0.15) is 40.2 Å². The van der Waals surface area contributed by atoms with Gasteiger partial charge in [0.1, 0.15) is 0 Å². The molecule has 0 saturated heterocycles. The maximum absolute atomic E-state index is 3.38. The molecule has 0 amide bonds. The zero-order valence-electron chi connectivity index (χ0n) is 12.9. The van der Waals surface area contributed by atoms with E-state index in [4.69, 9.17) is 0 Å². The van der Waals surface area contributed by atoms with Gasteiger partial charge in [-0.2, -0.15) is 0 Å². The molecular weight excluding hydrogens is 230 g/mol. The SMILES string of the molecule is CC.CC.CCc1cccc(Nc2ccccc2)c1. The second-order valence-electron chi connectivity index (χ2n) is 3.54. The summed E-state index contributed by atoms with van der Waals surface area (Å²) in [6.45, 7) is 10.2. The summed E-state index contributed by atoms with van der Waals surface area (Å²) in [7, 11) is 0. The fourth-order valence-electron chi connectivity index (χ4n) is 1.56. The lowest BCUT2D eigenvalue weighted by Gasteiger charge is -2.07. The molecule has 2 rings (SSSR count). The fourth-order valence-corrected chi connectivity index (χ4v) is 1.56. The van der Waals surface area contributed by atoms with Crippen molar-refractivity contribution in [3.8, 4) is 0 Å². The molecule has 1 N–H and O–H groups in total. The zero-order chi connectivity index (χ0) is 14.5. The van der Waals surface area contributed by atoms with Gasteiger partial charge in [-0.25, -0.2) is 0 Å². The highest BCUT2D eigenvalue weighted by Crippen LogP contribution is 2.17. The van der Waals surface area contributed by atoms with Crippen LogP contribution in [0.5, 0.6) is 0 Å². The van der Waals surface area contributed by atoms with E-state index in [9.17, 15) is 0 Å². The lowest BCUT2D eigenvalue weighted by molar-refractivity contribution is 1.14. The predicted octanol–water partition coefficient (Wildman–Crippen LogP) is 6.05. The van der Waals surface area contributed by atoms with Crippen molar-refractivity contribution in [3.05, 3.63) is 60.2 Å². The Morgan fingerprint density at radius 3 is 1.89 bits per heavy atom. The molecule has 0 bridgehead atoms. The lowest BCUT2D eigenvalue weighted by Crippen LogP contribution is -1.90. The largest absolute Gasteiger partial charge is 0.356 e.